The first-order chi connectivity index (χ1) is 26.5. The highest BCUT2D eigenvalue weighted by Gasteiger charge is 2.25. The summed E-state index contributed by atoms with van der Waals surface area (Å²) < 4.78 is 28.8. The Morgan fingerprint density at radius 2 is 0.926 bits per heavy atom. The van der Waals surface area contributed by atoms with Gasteiger partial charge in [0.25, 0.3) is 0 Å². The second-order valence-electron chi connectivity index (χ2n) is 12.8. The average Bonchev–Trinajstić information content (AvgIpc) is 3.24. The average molecular weight is 717 g/mol. The molecule has 272 valence electrons. The maximum atomic E-state index is 6.63. The molecule has 0 aliphatic carbocycles. The van der Waals surface area contributed by atoms with Crippen molar-refractivity contribution in [2.75, 3.05) is 44.8 Å². The standard InChI is InChI=1S/C47H44N2O5/c1-6-29-49-44-9-7-8-10-46(44)54-47-30-37(19-28-45(47)49)48(31-42(33-11-20-38(50-2)21-12-33)34-13-22-39(51-3)23-14-34)32-43(35-15-24-40(52-4)25-16-35)36-17-26-41(53-5)27-18-36/h7-28,30-32H,6,29H2,1-5H3. The highest BCUT2D eigenvalue weighted by molar-refractivity contribution is 5.87. The molecule has 0 fully saturated rings. The van der Waals surface area contributed by atoms with Crippen LogP contribution in [0.1, 0.15) is 35.6 Å². The Balaban J connectivity index is 1.46. The second-order valence-corrected chi connectivity index (χ2v) is 12.8. The van der Waals surface area contributed by atoms with Crippen molar-refractivity contribution in [3.63, 3.8) is 0 Å². The van der Waals surface area contributed by atoms with Crippen LogP contribution >= 0.6 is 0 Å². The first kappa shape index (κ1) is 35.8. The van der Waals surface area contributed by atoms with E-state index in [9.17, 15) is 0 Å². The van der Waals surface area contributed by atoms with Crippen molar-refractivity contribution >= 4 is 28.2 Å². The molecule has 0 spiro atoms. The molecule has 0 saturated carbocycles. The van der Waals surface area contributed by atoms with Crippen LogP contribution in [0.15, 0.2) is 152 Å². The van der Waals surface area contributed by atoms with Crippen LogP contribution in [0.5, 0.6) is 34.5 Å². The summed E-state index contributed by atoms with van der Waals surface area (Å²) >= 11 is 0. The molecule has 0 saturated heterocycles. The molecule has 0 atom stereocenters. The number of hydrogen-bond donors (Lipinski definition) is 0. The number of para-hydroxylation sites is 2. The molecule has 6 aromatic rings. The van der Waals surface area contributed by atoms with Gasteiger partial charge in [0.1, 0.15) is 23.0 Å². The molecule has 6 aromatic carbocycles. The summed E-state index contributed by atoms with van der Waals surface area (Å²) in [5.41, 5.74) is 9.10. The zero-order valence-corrected chi connectivity index (χ0v) is 31.3. The molecule has 7 rings (SSSR count). The van der Waals surface area contributed by atoms with Crippen molar-refractivity contribution in [2.45, 2.75) is 13.3 Å². The molecule has 1 aliphatic heterocycles. The van der Waals surface area contributed by atoms with Gasteiger partial charge in [-0.15, -0.1) is 0 Å². The minimum atomic E-state index is 0.787. The maximum Gasteiger partial charge on any atom is 0.153 e. The normalized spacial score (nSPS) is 11.3. The molecule has 54 heavy (non-hydrogen) atoms. The predicted molar refractivity (Wildman–Crippen MR) is 219 cm³/mol. The summed E-state index contributed by atoms with van der Waals surface area (Å²) in [7, 11) is 6.72. The third kappa shape index (κ3) is 7.62. The lowest BCUT2D eigenvalue weighted by Gasteiger charge is -2.33. The number of ether oxygens (including phenoxy) is 5. The van der Waals surface area contributed by atoms with Gasteiger partial charge >= 0.3 is 0 Å². The zero-order valence-electron chi connectivity index (χ0n) is 31.3. The van der Waals surface area contributed by atoms with Crippen LogP contribution in [0.3, 0.4) is 0 Å². The van der Waals surface area contributed by atoms with Gasteiger partial charge in [-0.3, -0.25) is 0 Å². The Bertz CT molecular complexity index is 2040. The Kier molecular flexibility index (Phi) is 10.9. The summed E-state index contributed by atoms with van der Waals surface area (Å²) in [6, 6.07) is 47.2. The van der Waals surface area contributed by atoms with Crippen LogP contribution in [0.25, 0.3) is 11.1 Å². The fourth-order valence-corrected chi connectivity index (χ4v) is 6.63. The van der Waals surface area contributed by atoms with Gasteiger partial charge in [-0.05, 0) is 101 Å². The second kappa shape index (κ2) is 16.4. The van der Waals surface area contributed by atoms with Gasteiger partial charge in [-0.1, -0.05) is 67.6 Å². The topological polar surface area (TPSA) is 52.6 Å². The molecule has 7 heteroatoms. The van der Waals surface area contributed by atoms with Crippen LogP contribution in [0.4, 0.5) is 17.1 Å². The summed E-state index contributed by atoms with van der Waals surface area (Å²) in [5, 5.41) is 0. The van der Waals surface area contributed by atoms with E-state index in [2.05, 4.69) is 108 Å². The number of rotatable bonds is 13. The summed E-state index contributed by atoms with van der Waals surface area (Å²) in [6.07, 6.45) is 5.35. The van der Waals surface area contributed by atoms with E-state index in [1.54, 1.807) is 28.4 Å². The fraction of sp³-hybridized carbons (Fsp3) is 0.149. The minimum absolute atomic E-state index is 0.787. The highest BCUT2D eigenvalue weighted by Crippen LogP contribution is 2.48. The van der Waals surface area contributed by atoms with Crippen molar-refractivity contribution < 1.29 is 23.7 Å². The molecule has 0 N–H and O–H groups in total. The Morgan fingerprint density at radius 3 is 1.33 bits per heavy atom. The van der Waals surface area contributed by atoms with Gasteiger partial charge in [0.2, 0.25) is 0 Å². The van der Waals surface area contributed by atoms with Crippen LogP contribution in [0, 0.1) is 0 Å². The van der Waals surface area contributed by atoms with E-state index in [1.165, 1.54) is 0 Å². The largest absolute Gasteiger partial charge is 0.497 e. The molecule has 1 aliphatic rings. The van der Waals surface area contributed by atoms with Crippen LogP contribution < -0.4 is 33.5 Å². The van der Waals surface area contributed by atoms with Crippen LogP contribution in [0.2, 0.25) is 0 Å². The van der Waals surface area contributed by atoms with Gasteiger partial charge in [-0.25, -0.2) is 0 Å². The van der Waals surface area contributed by atoms with Gasteiger partial charge in [-0.2, -0.15) is 0 Å². The number of nitrogens with zero attached hydrogens (tertiary/aromatic N) is 2. The third-order valence-corrected chi connectivity index (χ3v) is 9.50. The smallest absolute Gasteiger partial charge is 0.153 e. The summed E-state index contributed by atoms with van der Waals surface area (Å²) in [4.78, 5) is 4.52. The Morgan fingerprint density at radius 1 is 0.519 bits per heavy atom. The summed E-state index contributed by atoms with van der Waals surface area (Å²) in [5.74, 6) is 4.77. The minimum Gasteiger partial charge on any atom is -0.497 e. The fourth-order valence-electron chi connectivity index (χ4n) is 6.63. The SMILES string of the molecule is CCCN1c2ccccc2Oc2cc(N(C=C(c3ccc(OC)cc3)c3ccc(OC)cc3)C=C(c3ccc(OC)cc3)c3ccc(OC)cc3)ccc21. The highest BCUT2D eigenvalue weighted by atomic mass is 16.5. The van der Waals surface area contributed by atoms with Gasteiger partial charge < -0.3 is 33.5 Å². The van der Waals surface area contributed by atoms with E-state index in [4.69, 9.17) is 23.7 Å². The Hall–Kier alpha value is -6.60. The molecule has 1 heterocycles. The van der Waals surface area contributed by atoms with E-state index >= 15 is 0 Å². The van der Waals surface area contributed by atoms with Crippen LogP contribution in [-0.2, 0) is 0 Å². The number of fused-ring (bicyclic) bond motifs is 2. The lowest BCUT2D eigenvalue weighted by molar-refractivity contribution is 0.414. The van der Waals surface area contributed by atoms with Crippen molar-refractivity contribution in [2.24, 2.45) is 0 Å². The number of anilines is 3. The maximum absolute atomic E-state index is 6.63. The lowest BCUT2D eigenvalue weighted by atomic mass is 9.97. The van der Waals surface area contributed by atoms with Crippen LogP contribution in [-0.4, -0.2) is 35.0 Å². The molecule has 0 aromatic heterocycles. The van der Waals surface area contributed by atoms with E-state index in [1.807, 2.05) is 60.7 Å². The molecular weight excluding hydrogens is 673 g/mol. The van der Waals surface area contributed by atoms with Crippen molar-refractivity contribution in [3.05, 3.63) is 174 Å². The number of benzene rings is 6. The van der Waals surface area contributed by atoms with Gasteiger partial charge in [0.05, 0.1) is 39.8 Å². The molecular formula is C47H44N2O5. The quantitative estimate of drug-likeness (QED) is 0.118. The van der Waals surface area contributed by atoms with E-state index in [0.717, 1.165) is 97.9 Å². The van der Waals surface area contributed by atoms with Crippen molar-refractivity contribution in [3.8, 4) is 34.5 Å². The van der Waals surface area contributed by atoms with E-state index in [0.29, 0.717) is 0 Å². The molecule has 0 unspecified atom stereocenters. The predicted octanol–water partition coefficient (Wildman–Crippen LogP) is 11.4. The van der Waals surface area contributed by atoms with E-state index < -0.39 is 0 Å². The molecule has 0 radical (unpaired) electrons. The zero-order chi connectivity index (χ0) is 37.4. The van der Waals surface area contributed by atoms with Crippen molar-refractivity contribution in [1.29, 1.82) is 0 Å². The third-order valence-electron chi connectivity index (χ3n) is 9.50. The lowest BCUT2D eigenvalue weighted by Crippen LogP contribution is -2.22. The number of methoxy groups -OCH3 is 4. The molecule has 0 amide bonds. The summed E-state index contributed by atoms with van der Waals surface area (Å²) in [6.45, 7) is 3.07. The monoisotopic (exact) mass is 716 g/mol. The first-order valence-electron chi connectivity index (χ1n) is 18.0. The first-order valence-corrected chi connectivity index (χ1v) is 18.0. The Labute approximate surface area is 317 Å². The van der Waals surface area contributed by atoms with E-state index in [-0.39, 0.29) is 0 Å². The van der Waals surface area contributed by atoms with Crippen molar-refractivity contribution in [1.82, 2.24) is 0 Å². The molecule has 0 bridgehead atoms. The van der Waals surface area contributed by atoms with Gasteiger partial charge in [0, 0.05) is 41.8 Å². The van der Waals surface area contributed by atoms with Gasteiger partial charge in [0.15, 0.2) is 11.5 Å². The number of hydrogen-bond acceptors (Lipinski definition) is 7. The molecule has 7 nitrogen and oxygen atoms in total.